The SMILES string of the molecule is CC(C)N1C(=O)CC(=O)N(c2cccc(N3C(=O)CC(=O)N(C(C)C)C3=S)n2)C1=S. The van der Waals surface area contributed by atoms with Crippen LogP contribution in [-0.2, 0) is 19.2 Å². The van der Waals surface area contributed by atoms with E-state index in [4.69, 9.17) is 24.4 Å². The first-order chi connectivity index (χ1) is 14.0. The lowest BCUT2D eigenvalue weighted by Crippen LogP contribution is -2.58. The molecule has 2 saturated heterocycles. The van der Waals surface area contributed by atoms with E-state index in [1.807, 2.05) is 0 Å². The van der Waals surface area contributed by atoms with Crippen LogP contribution in [0, 0.1) is 0 Å². The minimum Gasteiger partial charge on any atom is -0.285 e. The Labute approximate surface area is 184 Å². The second-order valence-corrected chi connectivity index (χ2v) is 8.18. The predicted octanol–water partition coefficient (Wildman–Crippen LogP) is 1.60. The zero-order valence-corrected chi connectivity index (χ0v) is 18.6. The highest BCUT2D eigenvalue weighted by Gasteiger charge is 2.40. The van der Waals surface area contributed by atoms with Crippen molar-refractivity contribution >= 4 is 69.9 Å². The molecule has 30 heavy (non-hydrogen) atoms. The summed E-state index contributed by atoms with van der Waals surface area (Å²) >= 11 is 10.8. The Hall–Kier alpha value is -2.79. The third kappa shape index (κ3) is 3.70. The van der Waals surface area contributed by atoms with E-state index in [0.29, 0.717) is 0 Å². The van der Waals surface area contributed by atoms with E-state index in [-0.39, 0.29) is 58.6 Å². The highest BCUT2D eigenvalue weighted by atomic mass is 32.1. The first kappa shape index (κ1) is 21.9. The number of carbonyl (C=O) groups is 4. The Morgan fingerprint density at radius 3 is 1.43 bits per heavy atom. The van der Waals surface area contributed by atoms with Crippen LogP contribution in [-0.4, -0.2) is 60.7 Å². The van der Waals surface area contributed by atoms with Crippen molar-refractivity contribution in [1.82, 2.24) is 14.8 Å². The van der Waals surface area contributed by atoms with Crippen LogP contribution in [0.25, 0.3) is 0 Å². The molecule has 0 N–H and O–H groups in total. The number of aromatic nitrogens is 1. The topological polar surface area (TPSA) is 94.1 Å². The van der Waals surface area contributed by atoms with Gasteiger partial charge in [-0.3, -0.25) is 29.0 Å². The number of nitrogens with zero attached hydrogens (tertiary/aromatic N) is 5. The van der Waals surface area contributed by atoms with Gasteiger partial charge in [0.1, 0.15) is 24.5 Å². The quantitative estimate of drug-likeness (QED) is 0.511. The van der Waals surface area contributed by atoms with Crippen molar-refractivity contribution in [3.63, 3.8) is 0 Å². The van der Waals surface area contributed by atoms with Crippen molar-refractivity contribution in [3.8, 4) is 0 Å². The van der Waals surface area contributed by atoms with E-state index in [9.17, 15) is 19.2 Å². The third-order valence-electron chi connectivity index (χ3n) is 4.65. The molecule has 3 rings (SSSR count). The minimum absolute atomic E-state index is 0.0300. The Kier molecular flexibility index (Phi) is 5.95. The maximum absolute atomic E-state index is 12.6. The van der Waals surface area contributed by atoms with Gasteiger partial charge in [-0.2, -0.15) is 0 Å². The maximum atomic E-state index is 12.6. The van der Waals surface area contributed by atoms with E-state index in [2.05, 4.69) is 4.98 Å². The highest BCUT2D eigenvalue weighted by Crippen LogP contribution is 2.27. The van der Waals surface area contributed by atoms with Gasteiger partial charge < -0.3 is 0 Å². The molecule has 11 heteroatoms. The molecular formula is C19H21N5O4S2. The normalized spacial score (nSPS) is 18.5. The van der Waals surface area contributed by atoms with Gasteiger partial charge in [0.2, 0.25) is 23.6 Å². The van der Waals surface area contributed by atoms with Gasteiger partial charge in [-0.05, 0) is 64.3 Å². The third-order valence-corrected chi connectivity index (χ3v) is 5.41. The Morgan fingerprint density at radius 1 is 0.733 bits per heavy atom. The molecule has 2 fully saturated rings. The van der Waals surface area contributed by atoms with Crippen LogP contribution in [0.15, 0.2) is 18.2 Å². The highest BCUT2D eigenvalue weighted by molar-refractivity contribution is 7.80. The van der Waals surface area contributed by atoms with Crippen LogP contribution in [0.4, 0.5) is 11.6 Å². The van der Waals surface area contributed by atoms with Crippen molar-refractivity contribution in [2.45, 2.75) is 52.6 Å². The summed E-state index contributed by atoms with van der Waals surface area (Å²) in [6.07, 6.45) is -0.665. The van der Waals surface area contributed by atoms with Gasteiger partial charge in [0, 0.05) is 12.1 Å². The van der Waals surface area contributed by atoms with E-state index < -0.39 is 11.8 Å². The number of amides is 4. The number of hydrogen-bond acceptors (Lipinski definition) is 7. The number of carbonyl (C=O) groups excluding carboxylic acids is 4. The average Bonchev–Trinajstić information content (AvgIpc) is 2.60. The van der Waals surface area contributed by atoms with Gasteiger partial charge in [-0.1, -0.05) is 6.07 Å². The van der Waals surface area contributed by atoms with Crippen molar-refractivity contribution in [3.05, 3.63) is 18.2 Å². The maximum Gasteiger partial charge on any atom is 0.244 e. The van der Waals surface area contributed by atoms with Gasteiger partial charge in [0.25, 0.3) is 0 Å². The second kappa shape index (κ2) is 8.15. The molecule has 2 aliphatic heterocycles. The standard InChI is InChI=1S/C19H21N5O4S2/c1-10(2)21-14(25)8-16(27)23(18(21)29)12-6-5-7-13(20-12)24-17(28)9-15(26)22(11(3)4)19(24)30/h5-7,10-11H,8-9H2,1-4H3. The molecule has 2 aliphatic rings. The number of thiocarbonyl (C=S) groups is 2. The Bertz CT molecular complexity index is 904. The molecule has 0 radical (unpaired) electrons. The molecule has 4 amide bonds. The molecule has 0 atom stereocenters. The van der Waals surface area contributed by atoms with E-state index in [0.717, 1.165) is 0 Å². The molecular weight excluding hydrogens is 426 g/mol. The van der Waals surface area contributed by atoms with Crippen molar-refractivity contribution < 1.29 is 19.2 Å². The summed E-state index contributed by atoms with van der Waals surface area (Å²) in [5, 5.41) is 0.0601. The fraction of sp³-hybridized carbons (Fsp3) is 0.421. The molecule has 9 nitrogen and oxygen atoms in total. The lowest BCUT2D eigenvalue weighted by atomic mass is 10.2. The van der Waals surface area contributed by atoms with Gasteiger partial charge in [0.15, 0.2) is 10.2 Å². The number of hydrogen-bond donors (Lipinski definition) is 0. The van der Waals surface area contributed by atoms with Crippen LogP contribution in [0.1, 0.15) is 40.5 Å². The molecule has 158 valence electrons. The summed E-state index contributed by atoms with van der Waals surface area (Å²) in [5.74, 6) is -1.40. The summed E-state index contributed by atoms with van der Waals surface area (Å²) in [5.41, 5.74) is 0. The molecule has 1 aromatic rings. The minimum atomic E-state index is -0.502. The summed E-state index contributed by atoms with van der Waals surface area (Å²) in [4.78, 5) is 59.1. The van der Waals surface area contributed by atoms with Crippen LogP contribution in [0.2, 0.25) is 0 Å². The van der Waals surface area contributed by atoms with E-state index in [1.54, 1.807) is 45.9 Å². The van der Waals surface area contributed by atoms with Crippen molar-refractivity contribution in [1.29, 1.82) is 0 Å². The molecule has 0 bridgehead atoms. The number of anilines is 2. The zero-order valence-electron chi connectivity index (χ0n) is 17.0. The molecule has 0 unspecified atom stereocenters. The molecule has 3 heterocycles. The van der Waals surface area contributed by atoms with Crippen LogP contribution in [0.5, 0.6) is 0 Å². The van der Waals surface area contributed by atoms with Crippen LogP contribution < -0.4 is 9.80 Å². The number of rotatable bonds is 4. The largest absolute Gasteiger partial charge is 0.285 e. The molecule has 0 spiro atoms. The van der Waals surface area contributed by atoms with Crippen LogP contribution >= 0.6 is 24.4 Å². The van der Waals surface area contributed by atoms with Gasteiger partial charge >= 0.3 is 0 Å². The first-order valence-electron chi connectivity index (χ1n) is 9.39. The van der Waals surface area contributed by atoms with Crippen molar-refractivity contribution in [2.75, 3.05) is 9.80 Å². The summed E-state index contributed by atoms with van der Waals surface area (Å²) in [7, 11) is 0. The van der Waals surface area contributed by atoms with E-state index >= 15 is 0 Å². The van der Waals surface area contributed by atoms with Gasteiger partial charge in [-0.25, -0.2) is 14.8 Å². The predicted molar refractivity (Wildman–Crippen MR) is 118 cm³/mol. The van der Waals surface area contributed by atoms with Crippen molar-refractivity contribution in [2.24, 2.45) is 0 Å². The smallest absolute Gasteiger partial charge is 0.244 e. The van der Waals surface area contributed by atoms with Gasteiger partial charge in [-0.15, -0.1) is 0 Å². The molecule has 0 saturated carbocycles. The molecule has 0 aliphatic carbocycles. The summed E-state index contributed by atoms with van der Waals surface area (Å²) in [6, 6.07) is 4.27. The zero-order chi connectivity index (χ0) is 22.3. The summed E-state index contributed by atoms with van der Waals surface area (Å²) < 4.78 is 0. The first-order valence-corrected chi connectivity index (χ1v) is 10.2. The number of pyridine rings is 1. The fourth-order valence-corrected chi connectivity index (χ4v) is 4.38. The molecule has 1 aromatic heterocycles. The lowest BCUT2D eigenvalue weighted by Gasteiger charge is -2.38. The Balaban J connectivity index is 2.00. The van der Waals surface area contributed by atoms with Crippen LogP contribution in [0.3, 0.4) is 0 Å². The lowest BCUT2D eigenvalue weighted by molar-refractivity contribution is -0.136. The van der Waals surface area contributed by atoms with E-state index in [1.165, 1.54) is 19.6 Å². The Morgan fingerprint density at radius 2 is 1.10 bits per heavy atom. The molecule has 0 aromatic carbocycles. The monoisotopic (exact) mass is 447 g/mol. The van der Waals surface area contributed by atoms with Gasteiger partial charge in [0.05, 0.1) is 0 Å². The second-order valence-electron chi connectivity index (χ2n) is 7.45. The fourth-order valence-electron chi connectivity index (χ4n) is 3.36. The summed E-state index contributed by atoms with van der Waals surface area (Å²) in [6.45, 7) is 7.18. The average molecular weight is 448 g/mol.